The minimum absolute atomic E-state index is 0.0158. The lowest BCUT2D eigenvalue weighted by atomic mass is 10.1. The van der Waals surface area contributed by atoms with Crippen molar-refractivity contribution in [3.8, 4) is 0 Å². The smallest absolute Gasteiger partial charge is 0.292 e. The van der Waals surface area contributed by atoms with E-state index in [1.807, 2.05) is 0 Å². The number of carbonyl (C=O) groups is 1. The van der Waals surface area contributed by atoms with Crippen LogP contribution in [0.1, 0.15) is 124 Å². The fourth-order valence-corrected chi connectivity index (χ4v) is 3.98. The summed E-state index contributed by atoms with van der Waals surface area (Å²) in [5.41, 5.74) is 0. The van der Waals surface area contributed by atoms with Gasteiger partial charge in [0.15, 0.2) is 0 Å². The van der Waals surface area contributed by atoms with Gasteiger partial charge in [-0.1, -0.05) is 97.6 Å². The predicted octanol–water partition coefficient (Wildman–Crippen LogP) is 8.96. The van der Waals surface area contributed by atoms with Gasteiger partial charge in [0.2, 0.25) is 0 Å². The van der Waals surface area contributed by atoms with Gasteiger partial charge in [-0.2, -0.15) is 0 Å². The van der Waals surface area contributed by atoms with E-state index in [0.29, 0.717) is 6.42 Å². The zero-order valence-corrected chi connectivity index (χ0v) is 21.1. The summed E-state index contributed by atoms with van der Waals surface area (Å²) in [6.45, 7) is 13.1. The van der Waals surface area contributed by atoms with Crippen molar-refractivity contribution in [1.82, 2.24) is 0 Å². The highest BCUT2D eigenvalue weighted by Gasteiger charge is 2.40. The second kappa shape index (κ2) is 16.2. The maximum Gasteiger partial charge on any atom is 0.292 e. The van der Waals surface area contributed by atoms with E-state index in [9.17, 15) is 4.79 Å². The van der Waals surface area contributed by atoms with E-state index in [1.165, 1.54) is 77.0 Å². The summed E-state index contributed by atoms with van der Waals surface area (Å²) in [4.78, 5) is 12.1. The Balaban J connectivity index is 3.44. The first-order valence-electron chi connectivity index (χ1n) is 12.1. The molecule has 0 amide bonds. The van der Waals surface area contributed by atoms with Crippen LogP contribution in [0.2, 0.25) is 18.1 Å². The Morgan fingerprint density at radius 2 is 1.18 bits per heavy atom. The van der Waals surface area contributed by atoms with Gasteiger partial charge in [0, 0.05) is 6.42 Å². The van der Waals surface area contributed by atoms with Crippen molar-refractivity contribution in [2.75, 3.05) is 0 Å². The number of unbranched alkanes of at least 4 members (excludes halogenated alkanes) is 12. The molecule has 0 saturated heterocycles. The molecular weight excluding hydrogens is 360 g/mol. The monoisotopic (exact) mass is 410 g/mol. The minimum Gasteiger partial charge on any atom is -0.519 e. The third-order valence-electron chi connectivity index (χ3n) is 6.07. The van der Waals surface area contributed by atoms with Crippen LogP contribution in [-0.4, -0.2) is 14.3 Å². The van der Waals surface area contributed by atoms with Crippen LogP contribution in [0.15, 0.2) is 12.2 Å². The molecule has 0 aromatic rings. The standard InChI is InChI=1S/C25H50O2Si/c1-7-8-9-10-11-12-13-14-15-16-17-18-19-20-21-22-23-24(26)27-28(5,6)25(2,3)4/h14-15H,7-13,16-23H2,1-6H3/b15-14-. The summed E-state index contributed by atoms with van der Waals surface area (Å²) in [5.74, 6) is 0.0158. The van der Waals surface area contributed by atoms with E-state index in [4.69, 9.17) is 4.43 Å². The number of carbonyl (C=O) groups excluding carboxylic acids is 1. The average Bonchev–Trinajstić information content (AvgIpc) is 2.60. The van der Waals surface area contributed by atoms with E-state index < -0.39 is 8.32 Å². The van der Waals surface area contributed by atoms with Crippen LogP contribution in [-0.2, 0) is 9.22 Å². The Morgan fingerprint density at radius 3 is 1.64 bits per heavy atom. The molecule has 0 aromatic carbocycles. The second-order valence-corrected chi connectivity index (χ2v) is 14.6. The van der Waals surface area contributed by atoms with E-state index >= 15 is 0 Å². The number of hydrogen-bond donors (Lipinski definition) is 0. The van der Waals surface area contributed by atoms with Crippen LogP contribution in [0.5, 0.6) is 0 Å². The van der Waals surface area contributed by atoms with Crippen molar-refractivity contribution >= 4 is 14.3 Å². The van der Waals surface area contributed by atoms with Gasteiger partial charge in [0.1, 0.15) is 0 Å². The molecule has 2 nitrogen and oxygen atoms in total. The van der Waals surface area contributed by atoms with Crippen LogP contribution in [0.25, 0.3) is 0 Å². The highest BCUT2D eigenvalue weighted by molar-refractivity contribution is 6.75. The normalized spacial score (nSPS) is 12.6. The fourth-order valence-electron chi connectivity index (χ4n) is 3.01. The van der Waals surface area contributed by atoms with Gasteiger partial charge in [-0.05, 0) is 50.2 Å². The van der Waals surface area contributed by atoms with Crippen molar-refractivity contribution in [3.63, 3.8) is 0 Å². The minimum atomic E-state index is -1.93. The Hall–Kier alpha value is -0.573. The molecule has 0 saturated carbocycles. The maximum absolute atomic E-state index is 12.1. The van der Waals surface area contributed by atoms with E-state index in [1.54, 1.807) is 0 Å². The lowest BCUT2D eigenvalue weighted by Crippen LogP contribution is -2.42. The highest BCUT2D eigenvalue weighted by atomic mass is 28.4. The van der Waals surface area contributed by atoms with Crippen molar-refractivity contribution in [1.29, 1.82) is 0 Å². The zero-order valence-electron chi connectivity index (χ0n) is 20.1. The molecule has 0 aliphatic rings. The molecule has 166 valence electrons. The maximum atomic E-state index is 12.1. The average molecular weight is 411 g/mol. The van der Waals surface area contributed by atoms with Gasteiger partial charge < -0.3 is 4.43 Å². The molecule has 0 aliphatic carbocycles. The first-order valence-corrected chi connectivity index (χ1v) is 15.0. The Morgan fingerprint density at radius 1 is 0.750 bits per heavy atom. The molecule has 0 rings (SSSR count). The van der Waals surface area contributed by atoms with Crippen LogP contribution in [0.3, 0.4) is 0 Å². The first kappa shape index (κ1) is 27.4. The third kappa shape index (κ3) is 15.4. The molecule has 0 aliphatic heterocycles. The van der Waals surface area contributed by atoms with Gasteiger partial charge in [0.25, 0.3) is 14.3 Å². The second-order valence-electron chi connectivity index (χ2n) is 9.92. The summed E-state index contributed by atoms with van der Waals surface area (Å²) in [7, 11) is -1.93. The Kier molecular flexibility index (Phi) is 15.9. The fraction of sp³-hybridized carbons (Fsp3) is 0.880. The molecular formula is C25H50O2Si. The molecule has 0 atom stereocenters. The molecule has 28 heavy (non-hydrogen) atoms. The van der Waals surface area contributed by atoms with E-state index in [0.717, 1.165) is 12.8 Å². The molecule has 0 radical (unpaired) electrons. The van der Waals surface area contributed by atoms with Gasteiger partial charge in [-0.15, -0.1) is 0 Å². The molecule has 0 N–H and O–H groups in total. The topological polar surface area (TPSA) is 26.3 Å². The zero-order chi connectivity index (χ0) is 21.3. The van der Waals surface area contributed by atoms with Gasteiger partial charge in [0.05, 0.1) is 0 Å². The van der Waals surface area contributed by atoms with Crippen LogP contribution in [0, 0.1) is 0 Å². The summed E-state index contributed by atoms with van der Waals surface area (Å²) < 4.78 is 5.82. The molecule has 0 heterocycles. The Labute approximate surface area is 178 Å². The molecule has 0 unspecified atom stereocenters. The molecule has 0 aromatic heterocycles. The summed E-state index contributed by atoms with van der Waals surface area (Å²) in [6.07, 6.45) is 23.5. The Bertz CT molecular complexity index is 407. The van der Waals surface area contributed by atoms with E-state index in [-0.39, 0.29) is 11.0 Å². The van der Waals surface area contributed by atoms with Crippen LogP contribution >= 0.6 is 0 Å². The molecule has 0 bridgehead atoms. The van der Waals surface area contributed by atoms with E-state index in [2.05, 4.69) is 52.9 Å². The van der Waals surface area contributed by atoms with Crippen molar-refractivity contribution < 1.29 is 9.22 Å². The third-order valence-corrected chi connectivity index (χ3v) is 10.4. The summed E-state index contributed by atoms with van der Waals surface area (Å²) >= 11 is 0. The van der Waals surface area contributed by atoms with Gasteiger partial charge >= 0.3 is 0 Å². The van der Waals surface area contributed by atoms with Crippen LogP contribution in [0.4, 0.5) is 0 Å². The number of rotatable bonds is 17. The van der Waals surface area contributed by atoms with Crippen molar-refractivity contribution in [2.24, 2.45) is 0 Å². The lowest BCUT2D eigenvalue weighted by molar-refractivity contribution is -0.135. The predicted molar refractivity (Wildman–Crippen MR) is 127 cm³/mol. The summed E-state index contributed by atoms with van der Waals surface area (Å²) in [5, 5.41) is 0.103. The van der Waals surface area contributed by atoms with Gasteiger partial charge in [-0.3, -0.25) is 4.79 Å². The molecule has 0 fully saturated rings. The molecule has 3 heteroatoms. The quantitative estimate of drug-likeness (QED) is 0.136. The van der Waals surface area contributed by atoms with Crippen LogP contribution < -0.4 is 0 Å². The summed E-state index contributed by atoms with van der Waals surface area (Å²) in [6, 6.07) is 0. The largest absolute Gasteiger partial charge is 0.519 e. The number of hydrogen-bond acceptors (Lipinski definition) is 2. The van der Waals surface area contributed by atoms with Gasteiger partial charge in [-0.25, -0.2) is 0 Å². The number of allylic oxidation sites excluding steroid dienone is 2. The highest BCUT2D eigenvalue weighted by Crippen LogP contribution is 2.36. The molecule has 0 spiro atoms. The van der Waals surface area contributed by atoms with Crippen molar-refractivity contribution in [2.45, 2.75) is 142 Å². The first-order chi connectivity index (χ1) is 13.2. The lowest BCUT2D eigenvalue weighted by Gasteiger charge is -2.35. The van der Waals surface area contributed by atoms with Crippen molar-refractivity contribution in [3.05, 3.63) is 12.2 Å². The SMILES string of the molecule is CCCCCCCC/C=C\CCCCCCCCC(=O)O[Si](C)(C)C(C)(C)C.